The highest BCUT2D eigenvalue weighted by Gasteiger charge is 2.23. The number of hydrogen-bond acceptors (Lipinski definition) is 6. The second-order valence-electron chi connectivity index (χ2n) is 5.75. The minimum Gasteiger partial charge on any atom is -0.459 e. The molecule has 0 aliphatic carbocycles. The Morgan fingerprint density at radius 2 is 1.71 bits per heavy atom. The Morgan fingerprint density at radius 3 is 2.29 bits per heavy atom. The number of hydrogen-bond donors (Lipinski definition) is 2. The average molecular weight is 419 g/mol. The van der Waals surface area contributed by atoms with Crippen LogP contribution in [0.1, 0.15) is 10.6 Å². The molecule has 146 valence electrons. The van der Waals surface area contributed by atoms with E-state index >= 15 is 0 Å². The van der Waals surface area contributed by atoms with E-state index in [2.05, 4.69) is 10.6 Å². The number of carbonyl (C=O) groups excluding carboxylic acids is 2. The Morgan fingerprint density at radius 1 is 1.04 bits per heavy atom. The molecule has 2 heterocycles. The van der Waals surface area contributed by atoms with Crippen LogP contribution in [0.2, 0.25) is 0 Å². The quantitative estimate of drug-likeness (QED) is 0.612. The minimum atomic E-state index is -3.69. The second kappa shape index (κ2) is 8.38. The number of anilines is 2. The fourth-order valence-corrected chi connectivity index (χ4v) is 4.62. The summed E-state index contributed by atoms with van der Waals surface area (Å²) in [5, 5.41) is 6.95. The molecule has 0 atom stereocenters. The smallest absolute Gasteiger partial charge is 0.291 e. The summed E-state index contributed by atoms with van der Waals surface area (Å²) < 4.78 is 30.9. The van der Waals surface area contributed by atoms with Gasteiger partial charge in [0.1, 0.15) is 4.21 Å². The van der Waals surface area contributed by atoms with Crippen LogP contribution < -0.4 is 10.6 Å². The fourth-order valence-electron chi connectivity index (χ4n) is 2.29. The monoisotopic (exact) mass is 419 g/mol. The maximum absolute atomic E-state index is 12.3. The molecule has 0 bridgehead atoms. The molecule has 1 aromatic carbocycles. The Labute approximate surface area is 165 Å². The zero-order chi connectivity index (χ0) is 20.1. The molecule has 0 aliphatic heterocycles. The highest BCUT2D eigenvalue weighted by atomic mass is 32.2. The predicted octanol–water partition coefficient (Wildman–Crippen LogP) is 2.85. The van der Waals surface area contributed by atoms with Crippen LogP contribution in [0.4, 0.5) is 11.4 Å². The number of carbonyl (C=O) groups is 2. The summed E-state index contributed by atoms with van der Waals surface area (Å²) in [6, 6.07) is 12.7. The van der Waals surface area contributed by atoms with Crippen molar-refractivity contribution in [3.8, 4) is 0 Å². The van der Waals surface area contributed by atoms with E-state index in [9.17, 15) is 18.0 Å². The summed E-state index contributed by atoms with van der Waals surface area (Å²) in [6.07, 6.45) is 1.41. The Hall–Kier alpha value is -2.95. The van der Waals surface area contributed by atoms with E-state index in [1.54, 1.807) is 47.8 Å². The lowest BCUT2D eigenvalue weighted by molar-refractivity contribution is -0.116. The number of sulfonamides is 1. The molecule has 0 fully saturated rings. The molecule has 10 heteroatoms. The van der Waals surface area contributed by atoms with Gasteiger partial charge in [0.05, 0.1) is 12.8 Å². The summed E-state index contributed by atoms with van der Waals surface area (Å²) in [7, 11) is -2.34. The van der Waals surface area contributed by atoms with E-state index in [0.29, 0.717) is 11.4 Å². The van der Waals surface area contributed by atoms with Gasteiger partial charge in [0.2, 0.25) is 5.91 Å². The molecular weight excluding hydrogens is 402 g/mol. The first-order valence-corrected chi connectivity index (χ1v) is 10.4. The Balaban J connectivity index is 1.56. The largest absolute Gasteiger partial charge is 0.459 e. The predicted molar refractivity (Wildman–Crippen MR) is 106 cm³/mol. The van der Waals surface area contributed by atoms with Gasteiger partial charge in [0, 0.05) is 18.4 Å². The number of rotatable bonds is 7. The molecule has 0 saturated carbocycles. The lowest BCUT2D eigenvalue weighted by Gasteiger charge is -2.15. The molecule has 0 radical (unpaired) electrons. The van der Waals surface area contributed by atoms with Gasteiger partial charge < -0.3 is 15.1 Å². The molecule has 0 spiro atoms. The SMILES string of the molecule is CN(CC(=O)Nc1ccc(NC(=O)c2ccco2)cc1)S(=O)(=O)c1cccs1. The van der Waals surface area contributed by atoms with Crippen molar-refractivity contribution in [2.75, 3.05) is 24.2 Å². The van der Waals surface area contributed by atoms with Crippen LogP contribution in [0.5, 0.6) is 0 Å². The van der Waals surface area contributed by atoms with Gasteiger partial charge in [-0.3, -0.25) is 9.59 Å². The van der Waals surface area contributed by atoms with Crippen molar-refractivity contribution >= 4 is 44.5 Å². The number of likely N-dealkylation sites (N-methyl/N-ethyl adjacent to an activating group) is 1. The maximum Gasteiger partial charge on any atom is 0.291 e. The second-order valence-corrected chi connectivity index (χ2v) is 8.97. The van der Waals surface area contributed by atoms with Crippen molar-refractivity contribution in [1.82, 2.24) is 4.31 Å². The number of benzene rings is 1. The van der Waals surface area contributed by atoms with Gasteiger partial charge in [-0.15, -0.1) is 11.3 Å². The van der Waals surface area contributed by atoms with Gasteiger partial charge in [-0.05, 0) is 47.8 Å². The van der Waals surface area contributed by atoms with Crippen molar-refractivity contribution in [3.63, 3.8) is 0 Å². The van der Waals surface area contributed by atoms with Crippen molar-refractivity contribution in [2.45, 2.75) is 4.21 Å². The fraction of sp³-hybridized carbons (Fsp3) is 0.111. The highest BCUT2D eigenvalue weighted by molar-refractivity contribution is 7.91. The zero-order valence-corrected chi connectivity index (χ0v) is 16.4. The molecule has 2 N–H and O–H groups in total. The van der Waals surface area contributed by atoms with Gasteiger partial charge in [0.25, 0.3) is 15.9 Å². The first kappa shape index (κ1) is 19.8. The number of furan rings is 1. The van der Waals surface area contributed by atoms with Gasteiger partial charge >= 0.3 is 0 Å². The molecule has 0 unspecified atom stereocenters. The lowest BCUT2D eigenvalue weighted by Crippen LogP contribution is -2.34. The average Bonchev–Trinajstić information content (AvgIpc) is 3.37. The Bertz CT molecular complexity index is 1040. The van der Waals surface area contributed by atoms with Gasteiger partial charge in [0.15, 0.2) is 5.76 Å². The van der Waals surface area contributed by atoms with E-state index in [1.807, 2.05) is 0 Å². The zero-order valence-electron chi connectivity index (χ0n) is 14.8. The van der Waals surface area contributed by atoms with Crippen LogP contribution in [-0.4, -0.2) is 38.1 Å². The molecule has 0 aliphatic rings. The van der Waals surface area contributed by atoms with Crippen molar-refractivity contribution in [2.24, 2.45) is 0 Å². The van der Waals surface area contributed by atoms with E-state index in [0.717, 1.165) is 15.6 Å². The standard InChI is InChI=1S/C18H17N3O5S2/c1-21(28(24,25)17-5-3-11-27-17)12-16(22)19-13-6-8-14(9-7-13)20-18(23)15-4-2-10-26-15/h2-11H,12H2,1H3,(H,19,22)(H,20,23). The number of nitrogens with zero attached hydrogens (tertiary/aromatic N) is 1. The van der Waals surface area contributed by atoms with Crippen LogP contribution >= 0.6 is 11.3 Å². The summed E-state index contributed by atoms with van der Waals surface area (Å²) in [4.78, 5) is 24.1. The van der Waals surface area contributed by atoms with Crippen molar-refractivity contribution in [3.05, 3.63) is 65.9 Å². The molecule has 3 rings (SSSR count). The van der Waals surface area contributed by atoms with Crippen LogP contribution in [0.3, 0.4) is 0 Å². The van der Waals surface area contributed by atoms with Gasteiger partial charge in [-0.25, -0.2) is 8.42 Å². The molecular formula is C18H17N3O5S2. The third-order valence-electron chi connectivity index (χ3n) is 3.70. The number of thiophene rings is 1. The van der Waals surface area contributed by atoms with E-state index in [-0.39, 0.29) is 22.4 Å². The summed E-state index contributed by atoms with van der Waals surface area (Å²) in [6.45, 7) is -0.322. The normalized spacial score (nSPS) is 11.4. The first-order valence-electron chi connectivity index (χ1n) is 8.11. The third kappa shape index (κ3) is 4.66. The molecule has 28 heavy (non-hydrogen) atoms. The summed E-state index contributed by atoms with van der Waals surface area (Å²) in [5.74, 6) is -0.676. The molecule has 0 saturated heterocycles. The first-order chi connectivity index (χ1) is 13.4. The van der Waals surface area contributed by atoms with Gasteiger partial charge in [-0.1, -0.05) is 6.07 Å². The van der Waals surface area contributed by atoms with E-state index in [1.165, 1.54) is 19.4 Å². The van der Waals surface area contributed by atoms with Crippen LogP contribution in [0, 0.1) is 0 Å². The molecule has 2 amide bonds. The molecule has 3 aromatic rings. The molecule has 8 nitrogen and oxygen atoms in total. The Kier molecular flexibility index (Phi) is 5.93. The van der Waals surface area contributed by atoms with Gasteiger partial charge in [-0.2, -0.15) is 4.31 Å². The topological polar surface area (TPSA) is 109 Å². The highest BCUT2D eigenvalue weighted by Crippen LogP contribution is 2.20. The van der Waals surface area contributed by atoms with Crippen LogP contribution in [-0.2, 0) is 14.8 Å². The molecule has 2 aromatic heterocycles. The lowest BCUT2D eigenvalue weighted by atomic mass is 10.2. The van der Waals surface area contributed by atoms with Crippen LogP contribution in [0.15, 0.2) is 68.8 Å². The van der Waals surface area contributed by atoms with Crippen molar-refractivity contribution in [1.29, 1.82) is 0 Å². The maximum atomic E-state index is 12.3. The number of nitrogens with one attached hydrogen (secondary N) is 2. The minimum absolute atomic E-state index is 0.180. The van der Waals surface area contributed by atoms with E-state index in [4.69, 9.17) is 4.42 Å². The third-order valence-corrected chi connectivity index (χ3v) is 6.87. The summed E-state index contributed by atoms with van der Waals surface area (Å²) >= 11 is 1.09. The summed E-state index contributed by atoms with van der Waals surface area (Å²) in [5.41, 5.74) is 1.000. The van der Waals surface area contributed by atoms with E-state index < -0.39 is 15.9 Å². The number of amides is 2. The van der Waals surface area contributed by atoms with Crippen molar-refractivity contribution < 1.29 is 22.4 Å². The van der Waals surface area contributed by atoms with Crippen LogP contribution in [0.25, 0.3) is 0 Å².